The van der Waals surface area contributed by atoms with Crippen molar-refractivity contribution in [2.24, 2.45) is 4.36 Å². The van der Waals surface area contributed by atoms with Gasteiger partial charge in [-0.05, 0) is 42.3 Å². The zero-order valence-electron chi connectivity index (χ0n) is 11.4. The second-order valence-electron chi connectivity index (χ2n) is 4.17. The lowest BCUT2D eigenvalue weighted by Crippen LogP contribution is -1.95. The van der Waals surface area contributed by atoms with Gasteiger partial charge in [0.1, 0.15) is 5.75 Å². The maximum absolute atomic E-state index is 12.4. The van der Waals surface area contributed by atoms with E-state index in [9.17, 15) is 4.21 Å². The SMILES string of the molecule is COc1ccc(C#CN=S(C)(=O)c2ccccc2)cc1. The summed E-state index contributed by atoms with van der Waals surface area (Å²) in [5.74, 6) is 3.64. The molecule has 2 aromatic carbocycles. The van der Waals surface area contributed by atoms with Gasteiger partial charge in [0.25, 0.3) is 0 Å². The molecule has 2 rings (SSSR count). The lowest BCUT2D eigenvalue weighted by molar-refractivity contribution is 0.415. The molecule has 2 aromatic rings. The van der Waals surface area contributed by atoms with E-state index in [2.05, 4.69) is 16.3 Å². The van der Waals surface area contributed by atoms with Crippen LogP contribution in [-0.4, -0.2) is 17.6 Å². The average Bonchev–Trinajstić information content (AvgIpc) is 2.49. The second-order valence-corrected chi connectivity index (χ2v) is 6.43. The predicted octanol–water partition coefficient (Wildman–Crippen LogP) is 3.16. The minimum absolute atomic E-state index is 0.684. The van der Waals surface area contributed by atoms with Gasteiger partial charge in [-0.2, -0.15) is 0 Å². The minimum Gasteiger partial charge on any atom is -0.497 e. The molecule has 0 saturated carbocycles. The van der Waals surface area contributed by atoms with Gasteiger partial charge in [0.05, 0.1) is 16.8 Å². The molecule has 3 nitrogen and oxygen atoms in total. The number of hydrogen-bond donors (Lipinski definition) is 0. The highest BCUT2D eigenvalue weighted by atomic mass is 32.2. The third-order valence-electron chi connectivity index (χ3n) is 2.69. The Hall–Kier alpha value is -2.25. The quantitative estimate of drug-likeness (QED) is 0.795. The first-order chi connectivity index (χ1) is 9.62. The van der Waals surface area contributed by atoms with Gasteiger partial charge in [-0.3, -0.25) is 0 Å². The van der Waals surface area contributed by atoms with E-state index in [1.54, 1.807) is 25.5 Å². The summed E-state index contributed by atoms with van der Waals surface area (Å²) in [4.78, 5) is 0.684. The van der Waals surface area contributed by atoms with Gasteiger partial charge in [-0.25, -0.2) is 4.21 Å². The third-order valence-corrected chi connectivity index (χ3v) is 4.28. The van der Waals surface area contributed by atoms with Gasteiger partial charge in [-0.1, -0.05) is 18.2 Å². The van der Waals surface area contributed by atoms with Crippen LogP contribution in [0.3, 0.4) is 0 Å². The molecule has 0 spiro atoms. The second kappa shape index (κ2) is 6.27. The lowest BCUT2D eigenvalue weighted by atomic mass is 10.2. The number of rotatable bonds is 2. The Bertz CT molecular complexity index is 747. The summed E-state index contributed by atoms with van der Waals surface area (Å²) in [6, 6.07) is 19.1. The standard InChI is InChI=1S/C16H15NO2S/c1-19-15-10-8-14(9-11-15)12-13-17-20(2,18)16-6-4-3-5-7-16/h3-11H,1-2H3. The summed E-state index contributed by atoms with van der Waals surface area (Å²) < 4.78 is 21.5. The van der Waals surface area contributed by atoms with Crippen molar-refractivity contribution < 1.29 is 8.95 Å². The molecule has 0 fully saturated rings. The molecule has 0 bridgehead atoms. The van der Waals surface area contributed by atoms with E-state index in [1.165, 1.54) is 0 Å². The Labute approximate surface area is 119 Å². The van der Waals surface area contributed by atoms with Gasteiger partial charge in [0.2, 0.25) is 0 Å². The minimum atomic E-state index is -2.47. The maximum atomic E-state index is 12.4. The molecule has 1 unspecified atom stereocenters. The third kappa shape index (κ3) is 3.62. The first kappa shape index (κ1) is 14.2. The first-order valence-electron chi connectivity index (χ1n) is 6.03. The van der Waals surface area contributed by atoms with Crippen LogP contribution in [0.2, 0.25) is 0 Å². The Morgan fingerprint density at radius 1 is 1.05 bits per heavy atom. The van der Waals surface area contributed by atoms with Crippen molar-refractivity contribution in [1.29, 1.82) is 0 Å². The van der Waals surface area contributed by atoms with E-state index in [1.807, 2.05) is 42.5 Å². The van der Waals surface area contributed by atoms with Gasteiger partial charge in [0, 0.05) is 22.8 Å². The van der Waals surface area contributed by atoms with E-state index in [0.29, 0.717) is 4.90 Å². The van der Waals surface area contributed by atoms with Gasteiger partial charge >= 0.3 is 0 Å². The van der Waals surface area contributed by atoms with E-state index in [4.69, 9.17) is 4.74 Å². The van der Waals surface area contributed by atoms with Crippen LogP contribution in [0.4, 0.5) is 0 Å². The highest BCUT2D eigenvalue weighted by Gasteiger charge is 2.02. The fraction of sp³-hybridized carbons (Fsp3) is 0.125. The molecule has 102 valence electrons. The van der Waals surface area contributed by atoms with Crippen LogP contribution >= 0.6 is 0 Å². The van der Waals surface area contributed by atoms with Crippen molar-refractivity contribution in [3.8, 4) is 17.7 Å². The van der Waals surface area contributed by atoms with Gasteiger partial charge < -0.3 is 4.74 Å². The molecule has 1 atom stereocenters. The maximum Gasteiger partial charge on any atom is 0.118 e. The molecule has 4 heteroatoms. The highest BCUT2D eigenvalue weighted by Crippen LogP contribution is 2.11. The Morgan fingerprint density at radius 3 is 2.30 bits per heavy atom. The van der Waals surface area contributed by atoms with Crippen LogP contribution in [0.25, 0.3) is 0 Å². The van der Waals surface area contributed by atoms with E-state index >= 15 is 0 Å². The van der Waals surface area contributed by atoms with E-state index in [-0.39, 0.29) is 0 Å². The van der Waals surface area contributed by atoms with Crippen LogP contribution in [0.15, 0.2) is 63.9 Å². The average molecular weight is 285 g/mol. The molecule has 0 heterocycles. The number of ether oxygens (including phenoxy) is 1. The fourth-order valence-corrected chi connectivity index (χ4v) is 2.56. The zero-order chi connectivity index (χ0) is 14.4. The number of hydrogen-bond acceptors (Lipinski definition) is 3. The Morgan fingerprint density at radius 2 is 1.70 bits per heavy atom. The van der Waals surface area contributed by atoms with Crippen LogP contribution in [0.1, 0.15) is 5.56 Å². The summed E-state index contributed by atoms with van der Waals surface area (Å²) >= 11 is 0. The van der Waals surface area contributed by atoms with Crippen LogP contribution in [-0.2, 0) is 9.73 Å². The number of benzene rings is 2. The largest absolute Gasteiger partial charge is 0.497 e. The highest BCUT2D eigenvalue weighted by molar-refractivity contribution is 7.93. The predicted molar refractivity (Wildman–Crippen MR) is 81.1 cm³/mol. The monoisotopic (exact) mass is 285 g/mol. The Balaban J connectivity index is 2.24. The van der Waals surface area contributed by atoms with Crippen LogP contribution in [0, 0.1) is 12.0 Å². The number of nitrogens with zero attached hydrogens (tertiary/aromatic N) is 1. The summed E-state index contributed by atoms with van der Waals surface area (Å²) in [6.07, 6.45) is 1.59. The molecule has 0 aliphatic carbocycles. The molecule has 0 saturated heterocycles. The topological polar surface area (TPSA) is 38.7 Å². The van der Waals surface area contributed by atoms with E-state index in [0.717, 1.165) is 11.3 Å². The molecule has 0 aliphatic heterocycles. The van der Waals surface area contributed by atoms with E-state index < -0.39 is 9.73 Å². The molecular weight excluding hydrogens is 270 g/mol. The van der Waals surface area contributed by atoms with Crippen molar-refractivity contribution in [3.05, 3.63) is 60.2 Å². The van der Waals surface area contributed by atoms with Gasteiger partial charge in [0.15, 0.2) is 0 Å². The first-order valence-corrected chi connectivity index (χ1v) is 7.95. The lowest BCUT2D eigenvalue weighted by Gasteiger charge is -2.00. The van der Waals surface area contributed by atoms with Crippen LogP contribution in [0.5, 0.6) is 5.75 Å². The zero-order valence-corrected chi connectivity index (χ0v) is 12.2. The van der Waals surface area contributed by atoms with Crippen molar-refractivity contribution in [2.75, 3.05) is 13.4 Å². The molecular formula is C16H15NO2S. The Kier molecular flexibility index (Phi) is 4.44. The molecule has 0 aliphatic rings. The van der Waals surface area contributed by atoms with Gasteiger partial charge in [-0.15, -0.1) is 4.36 Å². The van der Waals surface area contributed by atoms with Crippen molar-refractivity contribution >= 4 is 9.73 Å². The van der Waals surface area contributed by atoms with Crippen molar-refractivity contribution in [1.82, 2.24) is 0 Å². The summed E-state index contributed by atoms with van der Waals surface area (Å²) in [5.41, 5.74) is 0.804. The molecule has 0 amide bonds. The molecule has 0 N–H and O–H groups in total. The van der Waals surface area contributed by atoms with Crippen molar-refractivity contribution in [2.45, 2.75) is 4.90 Å². The summed E-state index contributed by atoms with van der Waals surface area (Å²) in [6.45, 7) is 0. The van der Waals surface area contributed by atoms with Crippen molar-refractivity contribution in [3.63, 3.8) is 0 Å². The normalized spacial score (nSPS) is 12.7. The fourth-order valence-electron chi connectivity index (χ4n) is 1.57. The molecule has 0 radical (unpaired) electrons. The molecule has 0 aromatic heterocycles. The van der Waals surface area contributed by atoms with Crippen LogP contribution < -0.4 is 4.74 Å². The summed E-state index contributed by atoms with van der Waals surface area (Å²) in [5, 5.41) is 0. The summed E-state index contributed by atoms with van der Waals surface area (Å²) in [7, 11) is -0.853. The number of methoxy groups -OCH3 is 1. The molecule has 20 heavy (non-hydrogen) atoms. The smallest absolute Gasteiger partial charge is 0.118 e.